The number of aliphatic hydroxyl groups is 1. The highest BCUT2D eigenvalue weighted by Gasteiger charge is 2.49. The van der Waals surface area contributed by atoms with Crippen LogP contribution in [0.5, 0.6) is 0 Å². The summed E-state index contributed by atoms with van der Waals surface area (Å²) in [4.78, 5) is 13.6. The van der Waals surface area contributed by atoms with E-state index in [4.69, 9.17) is 4.74 Å². The summed E-state index contributed by atoms with van der Waals surface area (Å²) in [5, 5.41) is 9.66. The molecule has 3 rings (SSSR count). The number of nitrogens with zero attached hydrogens (tertiary/aromatic N) is 1. The van der Waals surface area contributed by atoms with Gasteiger partial charge < -0.3 is 14.7 Å². The van der Waals surface area contributed by atoms with Gasteiger partial charge in [0, 0.05) is 6.04 Å². The number of likely N-dealkylation sites (tertiary alicyclic amines) is 1. The number of hydrogen-bond acceptors (Lipinski definition) is 3. The average molecular weight is 247 g/mol. The van der Waals surface area contributed by atoms with E-state index < -0.39 is 6.10 Å². The molecule has 4 nitrogen and oxygen atoms in total. The first-order chi connectivity index (χ1) is 8.74. The van der Waals surface area contributed by atoms with Crippen LogP contribution in [0, 0.1) is 5.92 Å². The molecule has 1 saturated carbocycles. The largest absolute Gasteiger partial charge is 0.445 e. The number of amides is 1. The highest BCUT2D eigenvalue weighted by Crippen LogP contribution is 2.43. The number of rotatable bonds is 2. The molecular formula is C14H17NO3. The summed E-state index contributed by atoms with van der Waals surface area (Å²) in [6, 6.07) is 9.93. The van der Waals surface area contributed by atoms with Crippen molar-refractivity contribution in [2.45, 2.75) is 31.6 Å². The number of benzene rings is 1. The van der Waals surface area contributed by atoms with Crippen molar-refractivity contribution in [3.05, 3.63) is 35.9 Å². The molecule has 1 aromatic carbocycles. The Balaban J connectivity index is 1.55. The van der Waals surface area contributed by atoms with Gasteiger partial charge in [-0.2, -0.15) is 0 Å². The van der Waals surface area contributed by atoms with Gasteiger partial charge in [0.2, 0.25) is 0 Å². The maximum absolute atomic E-state index is 11.9. The Kier molecular flexibility index (Phi) is 2.96. The van der Waals surface area contributed by atoms with Gasteiger partial charge >= 0.3 is 6.09 Å². The third-order valence-electron chi connectivity index (χ3n) is 3.71. The number of carbonyl (C=O) groups is 1. The molecule has 1 aliphatic heterocycles. The summed E-state index contributed by atoms with van der Waals surface area (Å²) in [6.45, 7) is 0.707. The Morgan fingerprint density at radius 3 is 2.89 bits per heavy atom. The van der Waals surface area contributed by atoms with Gasteiger partial charge in [0.15, 0.2) is 0 Å². The van der Waals surface area contributed by atoms with Gasteiger partial charge in [-0.25, -0.2) is 4.79 Å². The molecule has 1 amide bonds. The fourth-order valence-corrected chi connectivity index (χ4v) is 2.67. The van der Waals surface area contributed by atoms with Crippen LogP contribution in [0.25, 0.3) is 0 Å². The van der Waals surface area contributed by atoms with Gasteiger partial charge in [-0.3, -0.25) is 0 Å². The van der Waals surface area contributed by atoms with Crippen LogP contribution < -0.4 is 0 Å². The van der Waals surface area contributed by atoms with Crippen LogP contribution in [0.15, 0.2) is 30.3 Å². The van der Waals surface area contributed by atoms with Gasteiger partial charge in [0.05, 0.1) is 12.6 Å². The van der Waals surface area contributed by atoms with Crippen molar-refractivity contribution in [1.29, 1.82) is 0 Å². The minimum atomic E-state index is -0.391. The van der Waals surface area contributed by atoms with Crippen molar-refractivity contribution in [3.63, 3.8) is 0 Å². The van der Waals surface area contributed by atoms with Gasteiger partial charge in [-0.15, -0.1) is 0 Å². The van der Waals surface area contributed by atoms with Gasteiger partial charge in [0.1, 0.15) is 6.61 Å². The van der Waals surface area contributed by atoms with Crippen LogP contribution in [-0.4, -0.2) is 34.8 Å². The highest BCUT2D eigenvalue weighted by atomic mass is 16.6. The van der Waals surface area contributed by atoms with E-state index >= 15 is 0 Å². The standard InChI is InChI=1S/C14H17NO3/c16-12-6-11-7-13(11)15(8-12)14(17)18-9-10-4-2-1-3-5-10/h1-5,11-13,16H,6-9H2/t11-,12-,13+/m0/s1. The number of fused-ring (bicyclic) bond motifs is 1. The van der Waals surface area contributed by atoms with Gasteiger partial charge in [0.25, 0.3) is 0 Å². The molecule has 3 atom stereocenters. The number of hydrogen-bond donors (Lipinski definition) is 1. The first-order valence-electron chi connectivity index (χ1n) is 6.39. The summed E-state index contributed by atoms with van der Waals surface area (Å²) >= 11 is 0. The zero-order valence-electron chi connectivity index (χ0n) is 10.2. The minimum Gasteiger partial charge on any atom is -0.445 e. The summed E-state index contributed by atoms with van der Waals surface area (Å²) < 4.78 is 5.29. The number of β-amino-alcohol motifs (C(OH)–C–C–N with tert-alkyl or cyclic N) is 1. The van der Waals surface area contributed by atoms with Crippen molar-refractivity contribution >= 4 is 6.09 Å². The third-order valence-corrected chi connectivity index (χ3v) is 3.71. The van der Waals surface area contributed by atoms with E-state index in [1.165, 1.54) is 0 Å². The molecule has 1 heterocycles. The Morgan fingerprint density at radius 2 is 2.11 bits per heavy atom. The first kappa shape index (κ1) is 11.5. The average Bonchev–Trinajstić information content (AvgIpc) is 3.15. The number of piperidine rings is 1. The Labute approximate surface area is 106 Å². The smallest absolute Gasteiger partial charge is 0.410 e. The van der Waals surface area contributed by atoms with Crippen LogP contribution in [0.1, 0.15) is 18.4 Å². The van der Waals surface area contributed by atoms with Crippen LogP contribution in [-0.2, 0) is 11.3 Å². The number of ether oxygens (including phenoxy) is 1. The number of carbonyl (C=O) groups excluding carboxylic acids is 1. The van der Waals surface area contributed by atoms with E-state index in [-0.39, 0.29) is 6.09 Å². The molecule has 0 spiro atoms. The Bertz CT molecular complexity index is 434. The molecule has 1 aromatic rings. The molecule has 1 saturated heterocycles. The normalized spacial score (nSPS) is 29.6. The summed E-state index contributed by atoms with van der Waals surface area (Å²) in [5.74, 6) is 0.484. The lowest BCUT2D eigenvalue weighted by Crippen LogP contribution is -2.43. The summed E-state index contributed by atoms with van der Waals surface area (Å²) in [5.41, 5.74) is 0.982. The molecule has 0 bridgehead atoms. The molecule has 0 aromatic heterocycles. The molecule has 96 valence electrons. The topological polar surface area (TPSA) is 49.8 Å². The summed E-state index contributed by atoms with van der Waals surface area (Å²) in [6.07, 6.45) is 1.15. The van der Waals surface area contributed by atoms with E-state index in [0.29, 0.717) is 25.1 Å². The van der Waals surface area contributed by atoms with Crippen molar-refractivity contribution < 1.29 is 14.6 Å². The minimum absolute atomic E-state index is 0.295. The molecule has 0 radical (unpaired) electrons. The fourth-order valence-electron chi connectivity index (χ4n) is 2.67. The predicted octanol–water partition coefficient (Wildman–Crippen LogP) is 1.78. The lowest BCUT2D eigenvalue weighted by atomic mass is 10.1. The zero-order valence-corrected chi connectivity index (χ0v) is 10.2. The molecule has 2 fully saturated rings. The maximum atomic E-state index is 11.9. The molecule has 1 N–H and O–H groups in total. The molecule has 2 aliphatic rings. The second-order valence-electron chi connectivity index (χ2n) is 5.15. The van der Waals surface area contributed by atoms with Crippen molar-refractivity contribution in [2.75, 3.05) is 6.54 Å². The van der Waals surface area contributed by atoms with E-state index in [2.05, 4.69) is 0 Å². The van der Waals surface area contributed by atoms with Crippen LogP contribution in [0.4, 0.5) is 4.79 Å². The Hall–Kier alpha value is -1.55. The van der Waals surface area contributed by atoms with Crippen molar-refractivity contribution in [2.24, 2.45) is 5.92 Å². The van der Waals surface area contributed by atoms with E-state index in [9.17, 15) is 9.90 Å². The molecule has 1 aliphatic carbocycles. The maximum Gasteiger partial charge on any atom is 0.410 e. The molecular weight excluding hydrogens is 230 g/mol. The van der Waals surface area contributed by atoms with E-state index in [0.717, 1.165) is 18.4 Å². The predicted molar refractivity (Wildman–Crippen MR) is 65.9 cm³/mol. The lowest BCUT2D eigenvalue weighted by Gasteiger charge is -2.29. The fraction of sp³-hybridized carbons (Fsp3) is 0.500. The van der Waals surface area contributed by atoms with Crippen LogP contribution >= 0.6 is 0 Å². The second-order valence-corrected chi connectivity index (χ2v) is 5.15. The SMILES string of the molecule is O=C(OCc1ccccc1)N1C[C@@H](O)C[C@H]2C[C@H]21. The van der Waals surface area contributed by atoms with E-state index in [1.807, 2.05) is 30.3 Å². The second kappa shape index (κ2) is 4.61. The molecule has 0 unspecified atom stereocenters. The van der Waals surface area contributed by atoms with Crippen LogP contribution in [0.2, 0.25) is 0 Å². The molecule has 18 heavy (non-hydrogen) atoms. The third kappa shape index (κ3) is 2.34. The quantitative estimate of drug-likeness (QED) is 0.866. The monoisotopic (exact) mass is 247 g/mol. The first-order valence-corrected chi connectivity index (χ1v) is 6.39. The molecule has 4 heteroatoms. The van der Waals surface area contributed by atoms with Crippen molar-refractivity contribution in [3.8, 4) is 0 Å². The number of aliphatic hydroxyl groups excluding tert-OH is 1. The van der Waals surface area contributed by atoms with Gasteiger partial charge in [-0.05, 0) is 24.3 Å². The van der Waals surface area contributed by atoms with Crippen molar-refractivity contribution in [1.82, 2.24) is 4.90 Å². The van der Waals surface area contributed by atoms with E-state index in [1.54, 1.807) is 4.90 Å². The van der Waals surface area contributed by atoms with Crippen LogP contribution in [0.3, 0.4) is 0 Å². The van der Waals surface area contributed by atoms with Gasteiger partial charge in [-0.1, -0.05) is 30.3 Å². The lowest BCUT2D eigenvalue weighted by molar-refractivity contribution is 0.0427. The zero-order chi connectivity index (χ0) is 12.5. The summed E-state index contributed by atoms with van der Waals surface area (Å²) in [7, 11) is 0. The highest BCUT2D eigenvalue weighted by molar-refractivity contribution is 5.69. The Morgan fingerprint density at radius 1 is 1.33 bits per heavy atom.